The molecule has 1 N–H and O–H groups in total. The van der Waals surface area contributed by atoms with Gasteiger partial charge in [-0.3, -0.25) is 0 Å². The third kappa shape index (κ3) is 3.57. The molecule has 0 bridgehead atoms. The molecule has 0 aliphatic carbocycles. The molecule has 82 valence electrons. The Labute approximate surface area is 95.1 Å². The van der Waals surface area contributed by atoms with Gasteiger partial charge in [-0.25, -0.2) is 0 Å². The van der Waals surface area contributed by atoms with Crippen LogP contribution in [-0.4, -0.2) is 11.7 Å². The molecule has 1 rings (SSSR count). The molecule has 0 aromatic heterocycles. The van der Waals surface area contributed by atoms with Gasteiger partial charge in [0.15, 0.2) is 0 Å². The molecule has 1 aromatic rings. The van der Waals surface area contributed by atoms with Gasteiger partial charge in [0.25, 0.3) is 0 Å². The van der Waals surface area contributed by atoms with E-state index in [1.54, 1.807) is 25.1 Å². The second kappa shape index (κ2) is 5.19. The van der Waals surface area contributed by atoms with Crippen molar-refractivity contribution >= 4 is 11.6 Å². The van der Waals surface area contributed by atoms with Crippen LogP contribution in [0, 0.1) is 0 Å². The molecule has 0 saturated carbocycles. The number of aliphatic hydroxyl groups excluding tert-OH is 1. The first-order valence-electron chi connectivity index (χ1n) is 4.75. The van der Waals surface area contributed by atoms with Gasteiger partial charge in [0, 0.05) is 0 Å². The van der Waals surface area contributed by atoms with Crippen molar-refractivity contribution in [1.82, 2.24) is 0 Å². The minimum atomic E-state index is -0.516. The molecule has 0 heterocycles. The molecule has 2 nitrogen and oxygen atoms in total. The predicted molar refractivity (Wildman–Crippen MR) is 62.4 cm³/mol. The highest BCUT2D eigenvalue weighted by atomic mass is 35.5. The van der Waals surface area contributed by atoms with Crippen molar-refractivity contribution in [3.8, 4) is 5.75 Å². The van der Waals surface area contributed by atoms with Crippen molar-refractivity contribution in [2.45, 2.75) is 20.0 Å². The lowest BCUT2D eigenvalue weighted by atomic mass is 10.1. The summed E-state index contributed by atoms with van der Waals surface area (Å²) in [5.41, 5.74) is 1.72. The zero-order chi connectivity index (χ0) is 11.4. The van der Waals surface area contributed by atoms with Gasteiger partial charge in [0.2, 0.25) is 0 Å². The number of hydrogen-bond donors (Lipinski definition) is 1. The predicted octanol–water partition coefficient (Wildman–Crippen LogP) is 3.35. The maximum Gasteiger partial charge on any atom is 0.138 e. The molecule has 0 radical (unpaired) electrons. The lowest BCUT2D eigenvalue weighted by Crippen LogP contribution is -1.99. The molecule has 0 saturated heterocycles. The number of halogens is 1. The average molecular weight is 227 g/mol. The smallest absolute Gasteiger partial charge is 0.138 e. The van der Waals surface area contributed by atoms with E-state index in [9.17, 15) is 5.11 Å². The standard InChI is InChI=1S/C12H15ClO2/c1-8(2)7-15-12-5-4-10(9(3)14)6-11(12)13/h4-6,9,14H,1,7H2,2-3H3/t9-/m1/s1. The Bertz CT molecular complexity index is 359. The second-order valence-electron chi connectivity index (χ2n) is 3.61. The summed E-state index contributed by atoms with van der Waals surface area (Å²) in [6.45, 7) is 7.77. The zero-order valence-electron chi connectivity index (χ0n) is 8.96. The number of ether oxygens (including phenoxy) is 1. The summed E-state index contributed by atoms with van der Waals surface area (Å²) >= 11 is 5.99. The lowest BCUT2D eigenvalue weighted by molar-refractivity contribution is 0.199. The third-order valence-corrected chi connectivity index (χ3v) is 2.21. The summed E-state index contributed by atoms with van der Waals surface area (Å²) in [4.78, 5) is 0. The molecule has 0 spiro atoms. The molecular weight excluding hydrogens is 212 g/mol. The number of hydrogen-bond acceptors (Lipinski definition) is 2. The minimum Gasteiger partial charge on any atom is -0.488 e. The summed E-state index contributed by atoms with van der Waals surface area (Å²) in [6, 6.07) is 5.26. The maximum atomic E-state index is 9.34. The Morgan fingerprint density at radius 3 is 2.73 bits per heavy atom. The van der Waals surface area contributed by atoms with Crippen LogP contribution < -0.4 is 4.74 Å². The molecule has 0 fully saturated rings. The van der Waals surface area contributed by atoms with Gasteiger partial charge in [0.05, 0.1) is 11.1 Å². The van der Waals surface area contributed by atoms with Crippen molar-refractivity contribution in [2.24, 2.45) is 0 Å². The van der Waals surface area contributed by atoms with Gasteiger partial charge in [0.1, 0.15) is 12.4 Å². The number of rotatable bonds is 4. The Hall–Kier alpha value is -0.990. The summed E-state index contributed by atoms with van der Waals surface area (Å²) in [7, 11) is 0. The average Bonchev–Trinajstić information content (AvgIpc) is 2.15. The molecule has 1 atom stereocenters. The minimum absolute atomic E-state index is 0.452. The molecule has 0 aliphatic rings. The first-order valence-corrected chi connectivity index (χ1v) is 5.13. The Balaban J connectivity index is 2.79. The lowest BCUT2D eigenvalue weighted by Gasteiger charge is -2.10. The van der Waals surface area contributed by atoms with Crippen LogP contribution in [0.2, 0.25) is 5.02 Å². The molecule has 1 aromatic carbocycles. The van der Waals surface area contributed by atoms with Crippen LogP contribution in [0.15, 0.2) is 30.4 Å². The van der Waals surface area contributed by atoms with Gasteiger partial charge in [-0.1, -0.05) is 24.2 Å². The van der Waals surface area contributed by atoms with E-state index in [0.717, 1.165) is 11.1 Å². The zero-order valence-corrected chi connectivity index (χ0v) is 9.71. The Morgan fingerprint density at radius 2 is 2.27 bits per heavy atom. The van der Waals surface area contributed by atoms with Crippen LogP contribution in [0.3, 0.4) is 0 Å². The second-order valence-corrected chi connectivity index (χ2v) is 4.02. The molecule has 0 aliphatic heterocycles. The summed E-state index contributed by atoms with van der Waals surface area (Å²) < 4.78 is 5.42. The van der Waals surface area contributed by atoms with Crippen LogP contribution in [-0.2, 0) is 0 Å². The first kappa shape index (κ1) is 12.1. The third-order valence-electron chi connectivity index (χ3n) is 1.91. The van der Waals surface area contributed by atoms with Gasteiger partial charge in [-0.05, 0) is 37.1 Å². The molecule has 3 heteroatoms. The fourth-order valence-corrected chi connectivity index (χ4v) is 1.34. The Morgan fingerprint density at radius 1 is 1.60 bits per heavy atom. The van der Waals surface area contributed by atoms with Gasteiger partial charge < -0.3 is 9.84 Å². The first-order chi connectivity index (χ1) is 7.00. The van der Waals surface area contributed by atoms with E-state index in [0.29, 0.717) is 17.4 Å². The topological polar surface area (TPSA) is 29.5 Å². The number of aliphatic hydroxyl groups is 1. The highest BCUT2D eigenvalue weighted by Gasteiger charge is 2.06. The highest BCUT2D eigenvalue weighted by Crippen LogP contribution is 2.28. The van der Waals surface area contributed by atoms with Crippen molar-refractivity contribution in [3.63, 3.8) is 0 Å². The summed E-state index contributed by atoms with van der Waals surface area (Å²) in [5.74, 6) is 0.615. The van der Waals surface area contributed by atoms with E-state index in [1.165, 1.54) is 0 Å². The van der Waals surface area contributed by atoms with Gasteiger partial charge in [-0.2, -0.15) is 0 Å². The van der Waals surface area contributed by atoms with E-state index < -0.39 is 6.10 Å². The van der Waals surface area contributed by atoms with E-state index in [4.69, 9.17) is 16.3 Å². The van der Waals surface area contributed by atoms with Crippen LogP contribution in [0.1, 0.15) is 25.5 Å². The summed E-state index contributed by atoms with van der Waals surface area (Å²) in [5, 5.41) is 9.85. The maximum absolute atomic E-state index is 9.34. The fourth-order valence-electron chi connectivity index (χ4n) is 1.09. The fraction of sp³-hybridized carbons (Fsp3) is 0.333. The SMILES string of the molecule is C=C(C)COc1ccc([C@@H](C)O)cc1Cl. The van der Waals surface area contributed by atoms with Crippen molar-refractivity contribution in [1.29, 1.82) is 0 Å². The van der Waals surface area contributed by atoms with Crippen LogP contribution >= 0.6 is 11.6 Å². The van der Waals surface area contributed by atoms with Gasteiger partial charge in [-0.15, -0.1) is 0 Å². The van der Waals surface area contributed by atoms with Crippen LogP contribution in [0.25, 0.3) is 0 Å². The molecule has 15 heavy (non-hydrogen) atoms. The molecular formula is C12H15ClO2. The summed E-state index contributed by atoms with van der Waals surface area (Å²) in [6.07, 6.45) is -0.516. The van der Waals surface area contributed by atoms with E-state index in [2.05, 4.69) is 6.58 Å². The van der Waals surface area contributed by atoms with Crippen molar-refractivity contribution in [3.05, 3.63) is 40.9 Å². The van der Waals surface area contributed by atoms with Crippen molar-refractivity contribution in [2.75, 3.05) is 6.61 Å². The monoisotopic (exact) mass is 226 g/mol. The largest absolute Gasteiger partial charge is 0.488 e. The van der Waals surface area contributed by atoms with Crippen LogP contribution in [0.4, 0.5) is 0 Å². The number of benzene rings is 1. The quantitative estimate of drug-likeness (QED) is 0.798. The van der Waals surface area contributed by atoms with Crippen molar-refractivity contribution < 1.29 is 9.84 Å². The normalized spacial score (nSPS) is 12.3. The molecule has 0 amide bonds. The Kier molecular flexibility index (Phi) is 4.18. The highest BCUT2D eigenvalue weighted by molar-refractivity contribution is 6.32. The van der Waals surface area contributed by atoms with E-state index in [-0.39, 0.29) is 0 Å². The molecule has 0 unspecified atom stereocenters. The van der Waals surface area contributed by atoms with E-state index in [1.807, 2.05) is 6.92 Å². The van der Waals surface area contributed by atoms with Crippen LogP contribution in [0.5, 0.6) is 5.75 Å². The van der Waals surface area contributed by atoms with E-state index >= 15 is 0 Å². The van der Waals surface area contributed by atoms with Gasteiger partial charge >= 0.3 is 0 Å².